The molecule has 0 spiro atoms. The Bertz CT molecular complexity index is 508. The number of rotatable bonds is 4. The Morgan fingerprint density at radius 1 is 1.19 bits per heavy atom. The summed E-state index contributed by atoms with van der Waals surface area (Å²) in [6, 6.07) is 5.45. The van der Waals surface area contributed by atoms with Crippen molar-refractivity contribution in [2.75, 3.05) is 6.61 Å². The van der Waals surface area contributed by atoms with Crippen molar-refractivity contribution in [3.63, 3.8) is 0 Å². The fourth-order valence-electron chi connectivity index (χ4n) is 2.00. The maximum Gasteiger partial charge on any atom is 0.311 e. The van der Waals surface area contributed by atoms with E-state index in [0.29, 0.717) is 0 Å². The Kier molecular flexibility index (Phi) is 4.70. The molecule has 9 nitrogen and oxygen atoms in total. The van der Waals surface area contributed by atoms with E-state index in [2.05, 4.69) is 0 Å². The Hall–Kier alpha value is -1.78. The molecule has 0 saturated carbocycles. The molecule has 1 aliphatic heterocycles. The lowest BCUT2D eigenvalue weighted by Crippen LogP contribution is -2.60. The van der Waals surface area contributed by atoms with Crippen LogP contribution in [0.1, 0.15) is 0 Å². The molecule has 1 aliphatic rings. The molecule has 0 bridgehead atoms. The predicted octanol–water partition coefficient (Wildman–Crippen LogP) is -1.23. The third-order valence-corrected chi connectivity index (χ3v) is 3.15. The van der Waals surface area contributed by atoms with Gasteiger partial charge in [0.05, 0.1) is 11.5 Å². The number of nitro benzene ring substituents is 1. The van der Waals surface area contributed by atoms with Crippen LogP contribution >= 0.6 is 0 Å². The van der Waals surface area contributed by atoms with Gasteiger partial charge < -0.3 is 29.9 Å². The first-order valence-electron chi connectivity index (χ1n) is 6.16. The molecule has 1 fully saturated rings. The zero-order valence-corrected chi connectivity index (χ0v) is 10.8. The van der Waals surface area contributed by atoms with Crippen LogP contribution < -0.4 is 4.74 Å². The van der Waals surface area contributed by atoms with E-state index in [1.807, 2.05) is 0 Å². The van der Waals surface area contributed by atoms with Gasteiger partial charge in [-0.2, -0.15) is 0 Å². The van der Waals surface area contributed by atoms with Gasteiger partial charge in [0.2, 0.25) is 6.29 Å². The number of para-hydroxylation sites is 2. The average Bonchev–Trinajstić information content (AvgIpc) is 2.48. The fourth-order valence-corrected chi connectivity index (χ4v) is 2.00. The van der Waals surface area contributed by atoms with E-state index in [1.165, 1.54) is 24.3 Å². The molecule has 2 rings (SSSR count). The molecule has 0 aromatic heterocycles. The van der Waals surface area contributed by atoms with Crippen LogP contribution in [-0.2, 0) is 4.74 Å². The predicted molar refractivity (Wildman–Crippen MR) is 67.5 cm³/mol. The highest BCUT2D eigenvalue weighted by molar-refractivity contribution is 5.45. The van der Waals surface area contributed by atoms with E-state index in [0.717, 1.165) is 0 Å². The molecule has 1 aromatic rings. The molecule has 1 saturated heterocycles. The van der Waals surface area contributed by atoms with Crippen LogP contribution in [0.3, 0.4) is 0 Å². The molecule has 21 heavy (non-hydrogen) atoms. The fraction of sp³-hybridized carbons (Fsp3) is 0.500. The van der Waals surface area contributed by atoms with Crippen LogP contribution in [0.2, 0.25) is 0 Å². The molecule has 5 atom stereocenters. The van der Waals surface area contributed by atoms with Crippen molar-refractivity contribution in [2.45, 2.75) is 30.7 Å². The van der Waals surface area contributed by atoms with E-state index in [9.17, 15) is 25.4 Å². The minimum absolute atomic E-state index is 0.160. The second kappa shape index (κ2) is 6.33. The molecular formula is C12H15NO8. The summed E-state index contributed by atoms with van der Waals surface area (Å²) in [4.78, 5) is 10.2. The lowest BCUT2D eigenvalue weighted by atomic mass is 9.99. The molecule has 0 amide bonds. The minimum Gasteiger partial charge on any atom is -0.455 e. The van der Waals surface area contributed by atoms with Crippen molar-refractivity contribution < 1.29 is 34.8 Å². The lowest BCUT2D eigenvalue weighted by Gasteiger charge is -2.39. The first-order chi connectivity index (χ1) is 9.95. The monoisotopic (exact) mass is 301 g/mol. The highest BCUT2D eigenvalue weighted by Gasteiger charge is 2.45. The third kappa shape index (κ3) is 3.12. The van der Waals surface area contributed by atoms with Gasteiger partial charge in [-0.15, -0.1) is 0 Å². The second-order valence-electron chi connectivity index (χ2n) is 4.54. The summed E-state index contributed by atoms with van der Waals surface area (Å²) >= 11 is 0. The van der Waals surface area contributed by atoms with E-state index >= 15 is 0 Å². The standard InChI is InChI=1S/C12H15NO8/c14-5-8-9(15)10(16)11(17)12(21-8)20-7-4-2-1-3-6(7)13(18)19/h1-4,8-12,14-17H,5H2/t8?,9-,10+,11?,12+/m0/s1. The Labute approximate surface area is 119 Å². The summed E-state index contributed by atoms with van der Waals surface area (Å²) in [6.45, 7) is -0.609. The van der Waals surface area contributed by atoms with E-state index < -0.39 is 42.2 Å². The molecule has 1 heterocycles. The van der Waals surface area contributed by atoms with Crippen LogP contribution in [0.4, 0.5) is 5.69 Å². The van der Waals surface area contributed by atoms with Crippen molar-refractivity contribution in [3.8, 4) is 5.75 Å². The van der Waals surface area contributed by atoms with Gasteiger partial charge in [-0.3, -0.25) is 10.1 Å². The van der Waals surface area contributed by atoms with Crippen molar-refractivity contribution in [3.05, 3.63) is 34.4 Å². The molecule has 9 heteroatoms. The Morgan fingerprint density at radius 2 is 1.86 bits per heavy atom. The van der Waals surface area contributed by atoms with Crippen LogP contribution in [0, 0.1) is 10.1 Å². The Balaban J connectivity index is 2.20. The molecule has 4 N–H and O–H groups in total. The summed E-state index contributed by atoms with van der Waals surface area (Å²) in [6.07, 6.45) is -7.35. The maximum atomic E-state index is 10.9. The van der Waals surface area contributed by atoms with Crippen LogP contribution in [-0.4, -0.2) is 62.7 Å². The lowest BCUT2D eigenvalue weighted by molar-refractivity contribution is -0.387. The van der Waals surface area contributed by atoms with Gasteiger partial charge in [0.25, 0.3) is 0 Å². The minimum atomic E-state index is -1.62. The SMILES string of the molecule is O=[N+]([O-])c1ccccc1O[C@@H]1OC(CO)[C@H](O)[C@@H](O)C1O. The van der Waals surface area contributed by atoms with Crippen molar-refractivity contribution in [2.24, 2.45) is 0 Å². The second-order valence-corrected chi connectivity index (χ2v) is 4.54. The number of hydrogen-bond acceptors (Lipinski definition) is 8. The third-order valence-electron chi connectivity index (χ3n) is 3.15. The van der Waals surface area contributed by atoms with Crippen LogP contribution in [0.25, 0.3) is 0 Å². The number of nitro groups is 1. The van der Waals surface area contributed by atoms with E-state index in [4.69, 9.17) is 14.6 Å². The van der Waals surface area contributed by atoms with Crippen molar-refractivity contribution in [1.29, 1.82) is 0 Å². The first kappa shape index (κ1) is 15.6. The molecule has 0 aliphatic carbocycles. The number of aliphatic hydroxyl groups is 4. The normalized spacial score (nSPS) is 32.7. The quantitative estimate of drug-likeness (QED) is 0.400. The summed E-state index contributed by atoms with van der Waals surface area (Å²) in [5, 5.41) is 49.0. The van der Waals surface area contributed by atoms with Gasteiger partial charge in [0, 0.05) is 6.07 Å². The highest BCUT2D eigenvalue weighted by Crippen LogP contribution is 2.30. The number of aliphatic hydroxyl groups excluding tert-OH is 4. The topological polar surface area (TPSA) is 143 Å². The van der Waals surface area contributed by atoms with Crippen LogP contribution in [0.15, 0.2) is 24.3 Å². The molecule has 116 valence electrons. The number of benzene rings is 1. The molecular weight excluding hydrogens is 286 g/mol. The summed E-state index contributed by atoms with van der Waals surface area (Å²) in [5.41, 5.74) is -0.338. The maximum absolute atomic E-state index is 10.9. The molecule has 1 aromatic carbocycles. The summed E-state index contributed by atoms with van der Waals surface area (Å²) in [7, 11) is 0. The highest BCUT2D eigenvalue weighted by atomic mass is 16.7. The van der Waals surface area contributed by atoms with Gasteiger partial charge in [-0.05, 0) is 6.07 Å². The molecule has 0 radical (unpaired) electrons. The number of hydrogen-bond donors (Lipinski definition) is 4. The zero-order valence-electron chi connectivity index (χ0n) is 10.8. The van der Waals surface area contributed by atoms with Gasteiger partial charge in [0.15, 0.2) is 5.75 Å². The first-order valence-corrected chi connectivity index (χ1v) is 6.16. The largest absolute Gasteiger partial charge is 0.455 e. The van der Waals surface area contributed by atoms with Crippen LogP contribution in [0.5, 0.6) is 5.75 Å². The van der Waals surface area contributed by atoms with Gasteiger partial charge in [-0.1, -0.05) is 12.1 Å². The number of nitrogens with zero attached hydrogens (tertiary/aromatic N) is 1. The van der Waals surface area contributed by atoms with Gasteiger partial charge in [-0.25, -0.2) is 0 Å². The van der Waals surface area contributed by atoms with Crippen molar-refractivity contribution >= 4 is 5.69 Å². The Morgan fingerprint density at radius 3 is 2.48 bits per heavy atom. The van der Waals surface area contributed by atoms with E-state index in [1.54, 1.807) is 0 Å². The van der Waals surface area contributed by atoms with Gasteiger partial charge >= 0.3 is 5.69 Å². The number of ether oxygens (including phenoxy) is 2. The zero-order chi connectivity index (χ0) is 15.6. The smallest absolute Gasteiger partial charge is 0.311 e. The van der Waals surface area contributed by atoms with Gasteiger partial charge in [0.1, 0.15) is 24.4 Å². The van der Waals surface area contributed by atoms with E-state index in [-0.39, 0.29) is 11.4 Å². The average molecular weight is 301 g/mol. The van der Waals surface area contributed by atoms with Crippen molar-refractivity contribution in [1.82, 2.24) is 0 Å². The summed E-state index contributed by atoms with van der Waals surface area (Å²) < 4.78 is 10.3. The molecule has 2 unspecified atom stereocenters. The summed E-state index contributed by atoms with van der Waals surface area (Å²) in [5.74, 6) is -0.160.